The molecule has 0 atom stereocenters. The lowest BCUT2D eigenvalue weighted by Crippen LogP contribution is -2.13. The van der Waals surface area contributed by atoms with Crippen molar-refractivity contribution in [1.29, 1.82) is 0 Å². The van der Waals surface area contributed by atoms with Crippen LogP contribution in [0.5, 0.6) is 0 Å². The van der Waals surface area contributed by atoms with Crippen molar-refractivity contribution in [3.05, 3.63) is 84.5 Å². The first-order valence-electron chi connectivity index (χ1n) is 8.83. The molecule has 4 rings (SSSR count). The highest BCUT2D eigenvalue weighted by atomic mass is 16.3. The summed E-state index contributed by atoms with van der Waals surface area (Å²) >= 11 is 0. The average Bonchev–Trinajstić information content (AvgIpc) is 3.45. The largest absolute Gasteiger partial charge is 0.459 e. The van der Waals surface area contributed by atoms with Gasteiger partial charge in [-0.1, -0.05) is 12.1 Å². The van der Waals surface area contributed by atoms with Gasteiger partial charge < -0.3 is 19.6 Å². The first kappa shape index (κ1) is 18.2. The Balaban J connectivity index is 1.44. The highest BCUT2D eigenvalue weighted by molar-refractivity contribution is 6.05. The van der Waals surface area contributed by atoms with Gasteiger partial charge in [-0.3, -0.25) is 14.3 Å². The molecule has 9 nitrogen and oxygen atoms in total. The molecule has 0 spiro atoms. The third-order valence-corrected chi connectivity index (χ3v) is 4.21. The zero-order chi connectivity index (χ0) is 20.2. The molecule has 0 fully saturated rings. The molecule has 29 heavy (non-hydrogen) atoms. The van der Waals surface area contributed by atoms with Gasteiger partial charge in [-0.25, -0.2) is 4.98 Å². The standard InChI is InChI=1S/C20H18N6O3/c1-25-18(23-20(28)17-6-3-9-29-17)11-16(24-25)19(27)22-15-5-2-4-14(10-15)12-26-8-7-21-13-26/h2-11,13H,12H2,1H3,(H,22,27)(H,23,28). The van der Waals surface area contributed by atoms with E-state index in [-0.39, 0.29) is 17.4 Å². The Morgan fingerprint density at radius 1 is 1.10 bits per heavy atom. The van der Waals surface area contributed by atoms with E-state index in [1.165, 1.54) is 17.0 Å². The van der Waals surface area contributed by atoms with Crippen LogP contribution in [0.1, 0.15) is 26.6 Å². The molecule has 2 N–H and O–H groups in total. The number of rotatable bonds is 6. The fraction of sp³-hybridized carbons (Fsp3) is 0.100. The minimum absolute atomic E-state index is 0.173. The first-order valence-corrected chi connectivity index (χ1v) is 8.83. The number of hydrogen-bond acceptors (Lipinski definition) is 5. The van der Waals surface area contributed by atoms with Gasteiger partial charge in [0.05, 0.1) is 12.6 Å². The fourth-order valence-corrected chi connectivity index (χ4v) is 2.81. The number of benzene rings is 1. The van der Waals surface area contributed by atoms with Gasteiger partial charge in [-0.05, 0) is 29.8 Å². The number of carbonyl (C=O) groups is 2. The van der Waals surface area contributed by atoms with E-state index in [1.54, 1.807) is 37.8 Å². The first-order chi connectivity index (χ1) is 14.1. The van der Waals surface area contributed by atoms with Crippen LogP contribution in [0.25, 0.3) is 0 Å². The number of furan rings is 1. The van der Waals surface area contributed by atoms with Gasteiger partial charge in [0, 0.05) is 37.7 Å². The van der Waals surface area contributed by atoms with Crippen molar-refractivity contribution in [2.45, 2.75) is 6.54 Å². The topological polar surface area (TPSA) is 107 Å². The van der Waals surface area contributed by atoms with Gasteiger partial charge in [-0.15, -0.1) is 0 Å². The van der Waals surface area contributed by atoms with E-state index in [0.717, 1.165) is 5.56 Å². The van der Waals surface area contributed by atoms with Crippen LogP contribution in [0, 0.1) is 0 Å². The quantitative estimate of drug-likeness (QED) is 0.526. The summed E-state index contributed by atoms with van der Waals surface area (Å²) in [5.41, 5.74) is 1.86. The lowest BCUT2D eigenvalue weighted by Gasteiger charge is -2.07. The SMILES string of the molecule is Cn1nc(C(=O)Nc2cccc(Cn3ccnc3)c2)cc1NC(=O)c1ccco1. The molecule has 0 unspecified atom stereocenters. The molecule has 0 saturated heterocycles. The van der Waals surface area contributed by atoms with E-state index in [9.17, 15) is 9.59 Å². The highest BCUT2D eigenvalue weighted by Crippen LogP contribution is 2.16. The number of nitrogens with zero attached hydrogens (tertiary/aromatic N) is 4. The monoisotopic (exact) mass is 390 g/mol. The molecule has 0 radical (unpaired) electrons. The van der Waals surface area contributed by atoms with Crippen molar-refractivity contribution in [2.24, 2.45) is 7.05 Å². The van der Waals surface area contributed by atoms with Crippen molar-refractivity contribution in [3.8, 4) is 0 Å². The average molecular weight is 390 g/mol. The smallest absolute Gasteiger partial charge is 0.292 e. The van der Waals surface area contributed by atoms with Crippen LogP contribution in [0.2, 0.25) is 0 Å². The lowest BCUT2D eigenvalue weighted by atomic mass is 10.2. The molecular formula is C20H18N6O3. The molecule has 0 bridgehead atoms. The summed E-state index contributed by atoms with van der Waals surface area (Å²) in [5, 5.41) is 9.66. The van der Waals surface area contributed by atoms with E-state index in [2.05, 4.69) is 20.7 Å². The Bertz CT molecular complexity index is 1130. The molecule has 1 aromatic carbocycles. The molecule has 2 amide bonds. The van der Waals surface area contributed by atoms with E-state index >= 15 is 0 Å². The highest BCUT2D eigenvalue weighted by Gasteiger charge is 2.16. The van der Waals surface area contributed by atoms with Crippen LogP contribution >= 0.6 is 0 Å². The summed E-state index contributed by atoms with van der Waals surface area (Å²) in [5.74, 6) is -0.242. The second-order valence-corrected chi connectivity index (χ2v) is 6.36. The zero-order valence-electron chi connectivity index (χ0n) is 15.6. The number of amides is 2. The van der Waals surface area contributed by atoms with Gasteiger partial charge in [0.25, 0.3) is 11.8 Å². The number of imidazole rings is 1. The third kappa shape index (κ3) is 4.24. The third-order valence-electron chi connectivity index (χ3n) is 4.21. The number of aryl methyl sites for hydroxylation is 1. The van der Waals surface area contributed by atoms with E-state index < -0.39 is 5.91 Å². The van der Waals surface area contributed by atoms with Crippen molar-refractivity contribution < 1.29 is 14.0 Å². The van der Waals surface area contributed by atoms with Crippen LogP contribution in [0.3, 0.4) is 0 Å². The minimum Gasteiger partial charge on any atom is -0.459 e. The summed E-state index contributed by atoms with van der Waals surface area (Å²) in [4.78, 5) is 28.7. The Hall–Kier alpha value is -4.14. The molecule has 0 saturated carbocycles. The molecule has 0 aliphatic heterocycles. The van der Waals surface area contributed by atoms with Crippen LogP contribution in [0.15, 0.2) is 71.9 Å². The molecule has 9 heteroatoms. The lowest BCUT2D eigenvalue weighted by molar-refractivity contribution is 0.0993. The summed E-state index contributed by atoms with van der Waals surface area (Å²) < 4.78 is 8.42. The Morgan fingerprint density at radius 2 is 2.00 bits per heavy atom. The number of nitrogens with one attached hydrogen (secondary N) is 2. The van der Waals surface area contributed by atoms with Gasteiger partial charge in [0.2, 0.25) is 0 Å². The minimum atomic E-state index is -0.419. The van der Waals surface area contributed by atoms with Crippen LogP contribution in [-0.2, 0) is 13.6 Å². The van der Waals surface area contributed by atoms with Crippen LogP contribution < -0.4 is 10.6 Å². The number of aromatic nitrogens is 4. The summed E-state index contributed by atoms with van der Waals surface area (Å²) in [6.45, 7) is 0.649. The Labute approximate surface area is 166 Å². The maximum absolute atomic E-state index is 12.6. The summed E-state index contributed by atoms with van der Waals surface area (Å²) in [6, 6.07) is 12.2. The van der Waals surface area contributed by atoms with E-state index in [0.29, 0.717) is 18.1 Å². The van der Waals surface area contributed by atoms with Gasteiger partial charge in [0.1, 0.15) is 5.82 Å². The Kier molecular flexibility index (Phi) is 4.93. The molecule has 3 heterocycles. The number of anilines is 2. The van der Waals surface area contributed by atoms with Crippen molar-refractivity contribution in [1.82, 2.24) is 19.3 Å². The van der Waals surface area contributed by atoms with Gasteiger partial charge in [-0.2, -0.15) is 5.10 Å². The molecule has 3 aromatic heterocycles. The van der Waals surface area contributed by atoms with E-state index in [4.69, 9.17) is 4.42 Å². The predicted molar refractivity (Wildman–Crippen MR) is 106 cm³/mol. The van der Waals surface area contributed by atoms with Gasteiger partial charge >= 0.3 is 0 Å². The summed E-state index contributed by atoms with van der Waals surface area (Å²) in [7, 11) is 1.64. The number of hydrogen-bond donors (Lipinski definition) is 2. The second kappa shape index (κ2) is 7.85. The molecular weight excluding hydrogens is 372 g/mol. The maximum atomic E-state index is 12.6. The van der Waals surface area contributed by atoms with Crippen molar-refractivity contribution in [3.63, 3.8) is 0 Å². The molecule has 0 aliphatic rings. The maximum Gasteiger partial charge on any atom is 0.292 e. The second-order valence-electron chi connectivity index (χ2n) is 6.36. The van der Waals surface area contributed by atoms with Crippen molar-refractivity contribution in [2.75, 3.05) is 10.6 Å². The van der Waals surface area contributed by atoms with Crippen molar-refractivity contribution >= 4 is 23.3 Å². The van der Waals surface area contributed by atoms with Crippen LogP contribution in [0.4, 0.5) is 11.5 Å². The van der Waals surface area contributed by atoms with Gasteiger partial charge in [0.15, 0.2) is 11.5 Å². The summed E-state index contributed by atoms with van der Waals surface area (Å²) in [6.07, 6.45) is 6.74. The Morgan fingerprint density at radius 3 is 2.76 bits per heavy atom. The zero-order valence-corrected chi connectivity index (χ0v) is 15.6. The molecule has 4 aromatic rings. The normalized spacial score (nSPS) is 10.7. The fourth-order valence-electron chi connectivity index (χ4n) is 2.81. The number of carbonyl (C=O) groups excluding carboxylic acids is 2. The predicted octanol–water partition coefficient (Wildman–Crippen LogP) is 2.76. The molecule has 0 aliphatic carbocycles. The molecule has 146 valence electrons. The van der Waals surface area contributed by atoms with Crippen LogP contribution in [-0.4, -0.2) is 31.1 Å². The van der Waals surface area contributed by atoms with E-state index in [1.807, 2.05) is 29.0 Å².